The molecule has 2 heterocycles. The van der Waals surface area contributed by atoms with Crippen LogP contribution in [0.2, 0.25) is 0 Å². The van der Waals surface area contributed by atoms with E-state index in [0.717, 1.165) is 0 Å². The van der Waals surface area contributed by atoms with E-state index in [1.165, 1.54) is 24.7 Å². The number of nitrogens with one attached hydrogen (secondary N) is 1. The van der Waals surface area contributed by atoms with Gasteiger partial charge in [-0.15, -0.1) is 5.10 Å². The van der Waals surface area contributed by atoms with Crippen molar-refractivity contribution in [1.82, 2.24) is 9.78 Å². The fourth-order valence-corrected chi connectivity index (χ4v) is 2.29. The topological polar surface area (TPSA) is 120 Å². The van der Waals surface area contributed by atoms with Gasteiger partial charge < -0.3 is 4.42 Å². The summed E-state index contributed by atoms with van der Waals surface area (Å²) in [6, 6.07) is 8.09. The number of anilines is 1. The largest absolute Gasteiger partial charge is 0.422 e. The van der Waals surface area contributed by atoms with Crippen molar-refractivity contribution in [3.05, 3.63) is 62.1 Å². The van der Waals surface area contributed by atoms with Crippen LogP contribution < -0.4 is 10.9 Å². The fourth-order valence-electron chi connectivity index (χ4n) is 2.29. The standard InChI is InChI=1S/C15H12N4O5/c1-8-12(19(22)23)13(17-18(8)2)16-14(20)10-7-9-5-3-4-6-11(9)24-15(10)21/h3-7H,1-2H3,(H,16,17,20). The van der Waals surface area contributed by atoms with Gasteiger partial charge in [0.05, 0.1) is 4.92 Å². The molecule has 0 fully saturated rings. The molecule has 0 radical (unpaired) electrons. The molecule has 1 N–H and O–H groups in total. The molecule has 0 atom stereocenters. The molecular weight excluding hydrogens is 316 g/mol. The minimum absolute atomic E-state index is 0.224. The van der Waals surface area contributed by atoms with Crippen LogP contribution in [-0.4, -0.2) is 20.6 Å². The van der Waals surface area contributed by atoms with E-state index in [1.807, 2.05) is 0 Å². The predicted octanol–water partition coefficient (Wildman–Crippen LogP) is 2.00. The van der Waals surface area contributed by atoms with Gasteiger partial charge in [0.15, 0.2) is 0 Å². The Morgan fingerprint density at radius 2 is 2.08 bits per heavy atom. The Morgan fingerprint density at radius 1 is 1.38 bits per heavy atom. The van der Waals surface area contributed by atoms with Gasteiger partial charge in [-0.1, -0.05) is 18.2 Å². The quantitative estimate of drug-likeness (QED) is 0.446. The van der Waals surface area contributed by atoms with Crippen LogP contribution in [0.25, 0.3) is 11.0 Å². The van der Waals surface area contributed by atoms with E-state index in [9.17, 15) is 19.7 Å². The Balaban J connectivity index is 2.02. The number of amides is 1. The molecule has 9 heteroatoms. The van der Waals surface area contributed by atoms with E-state index in [-0.39, 0.29) is 22.8 Å². The predicted molar refractivity (Wildman–Crippen MR) is 85.0 cm³/mol. The highest BCUT2D eigenvalue weighted by Crippen LogP contribution is 2.27. The zero-order valence-corrected chi connectivity index (χ0v) is 12.8. The van der Waals surface area contributed by atoms with Crippen LogP contribution in [0.4, 0.5) is 11.5 Å². The fraction of sp³-hybridized carbons (Fsp3) is 0.133. The zero-order valence-electron chi connectivity index (χ0n) is 12.8. The van der Waals surface area contributed by atoms with Gasteiger partial charge in [-0.05, 0) is 19.1 Å². The number of nitro groups is 1. The van der Waals surface area contributed by atoms with Crippen molar-refractivity contribution < 1.29 is 14.1 Å². The molecule has 0 bridgehead atoms. The van der Waals surface area contributed by atoms with Crippen LogP contribution in [0.1, 0.15) is 16.1 Å². The number of carbonyl (C=O) groups excluding carboxylic acids is 1. The van der Waals surface area contributed by atoms with Crippen molar-refractivity contribution in [2.24, 2.45) is 7.05 Å². The molecule has 3 rings (SSSR count). The van der Waals surface area contributed by atoms with Crippen LogP contribution in [0.3, 0.4) is 0 Å². The van der Waals surface area contributed by atoms with Gasteiger partial charge in [-0.2, -0.15) is 0 Å². The lowest BCUT2D eigenvalue weighted by Crippen LogP contribution is -2.21. The zero-order chi connectivity index (χ0) is 17.4. The first-order chi connectivity index (χ1) is 11.4. The number of carbonyl (C=O) groups is 1. The van der Waals surface area contributed by atoms with Gasteiger partial charge in [0.25, 0.3) is 5.91 Å². The molecule has 3 aromatic rings. The summed E-state index contributed by atoms with van der Waals surface area (Å²) in [5.41, 5.74) is -0.789. The molecule has 122 valence electrons. The summed E-state index contributed by atoms with van der Waals surface area (Å²) in [4.78, 5) is 34.8. The number of aryl methyl sites for hydroxylation is 1. The molecule has 0 saturated carbocycles. The number of para-hydroxylation sites is 1. The van der Waals surface area contributed by atoms with Crippen LogP contribution in [0.15, 0.2) is 39.5 Å². The minimum atomic E-state index is -0.832. The van der Waals surface area contributed by atoms with Gasteiger partial charge in [-0.3, -0.25) is 24.9 Å². The number of nitrogens with zero attached hydrogens (tertiary/aromatic N) is 3. The molecule has 24 heavy (non-hydrogen) atoms. The van der Waals surface area contributed by atoms with E-state index in [4.69, 9.17) is 4.42 Å². The highest BCUT2D eigenvalue weighted by atomic mass is 16.6. The lowest BCUT2D eigenvalue weighted by molar-refractivity contribution is -0.384. The van der Waals surface area contributed by atoms with E-state index in [2.05, 4.69) is 10.4 Å². The Morgan fingerprint density at radius 3 is 2.79 bits per heavy atom. The average molecular weight is 328 g/mol. The van der Waals surface area contributed by atoms with Crippen molar-refractivity contribution in [1.29, 1.82) is 0 Å². The summed E-state index contributed by atoms with van der Waals surface area (Å²) in [6.07, 6.45) is 0. The second-order valence-electron chi connectivity index (χ2n) is 5.10. The molecule has 0 aliphatic carbocycles. The van der Waals surface area contributed by atoms with Gasteiger partial charge >= 0.3 is 11.3 Å². The average Bonchev–Trinajstić information content (AvgIpc) is 2.80. The first-order valence-corrected chi connectivity index (χ1v) is 6.90. The summed E-state index contributed by atoms with van der Waals surface area (Å²) in [5.74, 6) is -1.05. The van der Waals surface area contributed by atoms with Crippen LogP contribution in [0.5, 0.6) is 0 Å². The maximum atomic E-state index is 12.3. The first-order valence-electron chi connectivity index (χ1n) is 6.90. The highest BCUT2D eigenvalue weighted by Gasteiger charge is 2.26. The third-order valence-corrected chi connectivity index (χ3v) is 3.60. The smallest absolute Gasteiger partial charge is 0.349 e. The van der Waals surface area contributed by atoms with Gasteiger partial charge in [0, 0.05) is 12.4 Å². The van der Waals surface area contributed by atoms with Crippen molar-refractivity contribution >= 4 is 28.4 Å². The second-order valence-corrected chi connectivity index (χ2v) is 5.10. The third-order valence-electron chi connectivity index (χ3n) is 3.60. The summed E-state index contributed by atoms with van der Waals surface area (Å²) in [7, 11) is 1.52. The molecule has 9 nitrogen and oxygen atoms in total. The van der Waals surface area contributed by atoms with Crippen LogP contribution in [0, 0.1) is 17.0 Å². The van der Waals surface area contributed by atoms with E-state index < -0.39 is 16.5 Å². The maximum absolute atomic E-state index is 12.3. The normalized spacial score (nSPS) is 10.8. The van der Waals surface area contributed by atoms with Crippen molar-refractivity contribution in [2.75, 3.05) is 5.32 Å². The van der Waals surface area contributed by atoms with Gasteiger partial charge in [-0.25, -0.2) is 4.79 Å². The number of hydrogen-bond donors (Lipinski definition) is 1. The van der Waals surface area contributed by atoms with Crippen LogP contribution in [-0.2, 0) is 7.05 Å². The lowest BCUT2D eigenvalue weighted by atomic mass is 10.2. The van der Waals surface area contributed by atoms with Crippen molar-refractivity contribution in [3.8, 4) is 0 Å². The number of fused-ring (bicyclic) bond motifs is 1. The summed E-state index contributed by atoms with van der Waals surface area (Å²) in [5, 5.41) is 17.9. The molecule has 0 aliphatic heterocycles. The molecule has 1 amide bonds. The Labute approximate surface area is 134 Å². The molecule has 0 aliphatic rings. The van der Waals surface area contributed by atoms with E-state index in [1.54, 1.807) is 24.3 Å². The Hall–Kier alpha value is -3.49. The van der Waals surface area contributed by atoms with E-state index >= 15 is 0 Å². The number of hydrogen-bond acceptors (Lipinski definition) is 6. The molecular formula is C15H12N4O5. The Bertz CT molecular complexity index is 1030. The summed E-state index contributed by atoms with van der Waals surface area (Å²) < 4.78 is 6.36. The SMILES string of the molecule is Cc1c([N+](=O)[O-])c(NC(=O)c2cc3ccccc3oc2=O)nn1C. The van der Waals surface area contributed by atoms with Gasteiger partial charge in [0.1, 0.15) is 16.8 Å². The number of aromatic nitrogens is 2. The van der Waals surface area contributed by atoms with Crippen LogP contribution >= 0.6 is 0 Å². The van der Waals surface area contributed by atoms with Crippen molar-refractivity contribution in [2.45, 2.75) is 6.92 Å². The minimum Gasteiger partial charge on any atom is -0.422 e. The third kappa shape index (κ3) is 2.51. The highest BCUT2D eigenvalue weighted by molar-refractivity contribution is 6.05. The molecule has 0 spiro atoms. The second kappa shape index (κ2) is 5.61. The lowest BCUT2D eigenvalue weighted by Gasteiger charge is -2.02. The van der Waals surface area contributed by atoms with Gasteiger partial charge in [0.2, 0.25) is 5.82 Å². The monoisotopic (exact) mass is 328 g/mol. The maximum Gasteiger partial charge on any atom is 0.349 e. The molecule has 0 saturated heterocycles. The van der Waals surface area contributed by atoms with Crippen molar-refractivity contribution in [3.63, 3.8) is 0 Å². The first kappa shape index (κ1) is 15.4. The summed E-state index contributed by atoms with van der Waals surface area (Å²) >= 11 is 0. The molecule has 1 aromatic carbocycles. The molecule has 2 aromatic heterocycles. The Kier molecular flexibility index (Phi) is 3.60. The molecule has 0 unspecified atom stereocenters. The number of rotatable bonds is 3. The number of benzene rings is 1. The van der Waals surface area contributed by atoms with E-state index in [0.29, 0.717) is 11.0 Å². The summed E-state index contributed by atoms with van der Waals surface area (Å²) in [6.45, 7) is 1.51.